The molecule has 0 bridgehead atoms. The van der Waals surface area contributed by atoms with Gasteiger partial charge in [-0.3, -0.25) is 9.78 Å². The third-order valence-corrected chi connectivity index (χ3v) is 4.56. The summed E-state index contributed by atoms with van der Waals surface area (Å²) in [5, 5.41) is 3.61. The molecular weight excluding hydrogens is 368 g/mol. The number of rotatable bonds is 7. The van der Waals surface area contributed by atoms with Gasteiger partial charge in [0.15, 0.2) is 6.61 Å². The van der Waals surface area contributed by atoms with Gasteiger partial charge in [0.2, 0.25) is 0 Å². The lowest BCUT2D eigenvalue weighted by Gasteiger charge is -2.14. The van der Waals surface area contributed by atoms with E-state index in [4.69, 9.17) is 9.47 Å². The molecule has 2 aromatic carbocycles. The van der Waals surface area contributed by atoms with Gasteiger partial charge in [-0.05, 0) is 44.0 Å². The summed E-state index contributed by atoms with van der Waals surface area (Å²) in [5.74, 6) is -0.418. The molecule has 0 atom stereocenters. The number of pyridine rings is 1. The molecule has 0 aliphatic carbocycles. The van der Waals surface area contributed by atoms with Crippen LogP contribution in [0, 0.1) is 6.92 Å². The Bertz CT molecular complexity index is 1050. The fourth-order valence-electron chi connectivity index (χ4n) is 3.21. The number of nitrogens with one attached hydrogen (secondary N) is 1. The molecule has 0 aliphatic rings. The van der Waals surface area contributed by atoms with Crippen LogP contribution in [0.3, 0.4) is 0 Å². The second-order valence-corrected chi connectivity index (χ2v) is 6.48. The monoisotopic (exact) mass is 392 g/mol. The second-order valence-electron chi connectivity index (χ2n) is 6.48. The number of ether oxygens (including phenoxy) is 2. The molecule has 150 valence electrons. The SMILES string of the molecule is CCOc1ccccc1NC(=O)COC(=O)c1c(CC)nc2ccccc2c1C. The van der Waals surface area contributed by atoms with Gasteiger partial charge in [-0.15, -0.1) is 0 Å². The summed E-state index contributed by atoms with van der Waals surface area (Å²) in [5.41, 5.74) is 3.26. The molecule has 0 spiro atoms. The first-order chi connectivity index (χ1) is 14.0. The first kappa shape index (κ1) is 20.3. The molecule has 3 rings (SSSR count). The van der Waals surface area contributed by atoms with E-state index in [0.717, 1.165) is 16.5 Å². The largest absolute Gasteiger partial charge is 0.492 e. The number of amides is 1. The Morgan fingerprint density at radius 2 is 1.76 bits per heavy atom. The summed E-state index contributed by atoms with van der Waals surface area (Å²) in [6.45, 7) is 5.76. The first-order valence-electron chi connectivity index (χ1n) is 9.62. The van der Waals surface area contributed by atoms with E-state index in [1.54, 1.807) is 18.2 Å². The normalized spacial score (nSPS) is 10.6. The number of aromatic nitrogens is 1. The third-order valence-electron chi connectivity index (χ3n) is 4.56. The minimum Gasteiger partial charge on any atom is -0.492 e. The summed E-state index contributed by atoms with van der Waals surface area (Å²) in [7, 11) is 0. The van der Waals surface area contributed by atoms with Gasteiger partial charge >= 0.3 is 5.97 Å². The third kappa shape index (κ3) is 4.54. The highest BCUT2D eigenvalue weighted by molar-refractivity contribution is 6.00. The number of carbonyl (C=O) groups excluding carboxylic acids is 2. The van der Waals surface area contributed by atoms with E-state index in [-0.39, 0.29) is 0 Å². The standard InChI is InChI=1S/C23H24N2O4/c1-4-17-22(15(3)16-10-6-7-11-18(16)24-17)23(27)29-14-21(26)25-19-12-8-9-13-20(19)28-5-2/h6-13H,4-5,14H2,1-3H3,(H,25,26). The Morgan fingerprint density at radius 1 is 1.03 bits per heavy atom. The molecular formula is C23H24N2O4. The molecule has 1 heterocycles. The molecule has 6 heteroatoms. The van der Waals surface area contributed by atoms with Crippen LogP contribution in [0.15, 0.2) is 48.5 Å². The molecule has 0 unspecified atom stereocenters. The highest BCUT2D eigenvalue weighted by Crippen LogP contribution is 2.25. The lowest BCUT2D eigenvalue weighted by atomic mass is 10.0. The molecule has 1 N–H and O–H groups in total. The van der Waals surface area contributed by atoms with Crippen LogP contribution >= 0.6 is 0 Å². The van der Waals surface area contributed by atoms with Gasteiger partial charge < -0.3 is 14.8 Å². The van der Waals surface area contributed by atoms with E-state index in [2.05, 4.69) is 10.3 Å². The molecule has 29 heavy (non-hydrogen) atoms. The van der Waals surface area contributed by atoms with Crippen molar-refractivity contribution in [3.8, 4) is 5.75 Å². The van der Waals surface area contributed by atoms with Gasteiger partial charge in [-0.25, -0.2) is 4.79 Å². The minimum atomic E-state index is -0.550. The van der Waals surface area contributed by atoms with Gasteiger partial charge in [0.25, 0.3) is 5.91 Å². The van der Waals surface area contributed by atoms with Crippen LogP contribution in [0.4, 0.5) is 5.69 Å². The smallest absolute Gasteiger partial charge is 0.340 e. The van der Waals surface area contributed by atoms with E-state index < -0.39 is 18.5 Å². The van der Waals surface area contributed by atoms with E-state index in [0.29, 0.717) is 35.7 Å². The fraction of sp³-hybridized carbons (Fsp3) is 0.261. The number of aryl methyl sites for hydroxylation is 2. The zero-order valence-corrected chi connectivity index (χ0v) is 16.8. The quantitative estimate of drug-likeness (QED) is 0.607. The Morgan fingerprint density at radius 3 is 2.52 bits per heavy atom. The molecule has 0 aliphatic heterocycles. The highest BCUT2D eigenvalue weighted by Gasteiger charge is 2.20. The van der Waals surface area contributed by atoms with E-state index in [1.165, 1.54) is 0 Å². The van der Waals surface area contributed by atoms with Crippen molar-refractivity contribution in [1.29, 1.82) is 0 Å². The predicted octanol–water partition coefficient (Wildman–Crippen LogP) is 4.30. The van der Waals surface area contributed by atoms with Gasteiger partial charge in [0.1, 0.15) is 5.75 Å². The van der Waals surface area contributed by atoms with Crippen molar-refractivity contribution in [3.05, 3.63) is 65.4 Å². The average Bonchev–Trinajstić information content (AvgIpc) is 2.73. The maximum atomic E-state index is 12.7. The van der Waals surface area contributed by atoms with Crippen molar-refractivity contribution in [2.45, 2.75) is 27.2 Å². The van der Waals surface area contributed by atoms with Gasteiger partial charge in [-0.1, -0.05) is 37.3 Å². The number of benzene rings is 2. The summed E-state index contributed by atoms with van der Waals surface area (Å²) in [4.78, 5) is 29.6. The Labute approximate surface area is 169 Å². The number of para-hydroxylation sites is 3. The van der Waals surface area contributed by atoms with Crippen molar-refractivity contribution < 1.29 is 19.1 Å². The number of anilines is 1. The fourth-order valence-corrected chi connectivity index (χ4v) is 3.21. The van der Waals surface area contributed by atoms with Crippen molar-refractivity contribution in [3.63, 3.8) is 0 Å². The minimum absolute atomic E-state index is 0.394. The maximum Gasteiger partial charge on any atom is 0.340 e. The van der Waals surface area contributed by atoms with Crippen LogP contribution in [0.2, 0.25) is 0 Å². The maximum absolute atomic E-state index is 12.7. The average molecular weight is 392 g/mol. The lowest BCUT2D eigenvalue weighted by Crippen LogP contribution is -2.22. The topological polar surface area (TPSA) is 77.5 Å². The zero-order valence-electron chi connectivity index (χ0n) is 16.8. The molecule has 1 aromatic heterocycles. The summed E-state index contributed by atoms with van der Waals surface area (Å²) < 4.78 is 10.8. The van der Waals surface area contributed by atoms with Crippen LogP contribution in [-0.4, -0.2) is 30.1 Å². The van der Waals surface area contributed by atoms with E-state index >= 15 is 0 Å². The van der Waals surface area contributed by atoms with Crippen molar-refractivity contribution in [1.82, 2.24) is 4.98 Å². The molecule has 0 saturated carbocycles. The van der Waals surface area contributed by atoms with E-state index in [1.807, 2.05) is 51.1 Å². The Balaban J connectivity index is 1.74. The Hall–Kier alpha value is -3.41. The predicted molar refractivity (Wildman–Crippen MR) is 112 cm³/mol. The van der Waals surface area contributed by atoms with Gasteiger partial charge in [0, 0.05) is 5.39 Å². The number of nitrogens with zero attached hydrogens (tertiary/aromatic N) is 1. The van der Waals surface area contributed by atoms with Crippen LogP contribution in [-0.2, 0) is 16.0 Å². The first-order valence-corrected chi connectivity index (χ1v) is 9.62. The molecule has 0 fully saturated rings. The van der Waals surface area contributed by atoms with Crippen molar-refractivity contribution >= 4 is 28.5 Å². The van der Waals surface area contributed by atoms with Crippen molar-refractivity contribution in [2.75, 3.05) is 18.5 Å². The Kier molecular flexibility index (Phi) is 6.44. The van der Waals surface area contributed by atoms with Crippen LogP contribution in [0.1, 0.15) is 35.5 Å². The molecule has 0 radical (unpaired) electrons. The van der Waals surface area contributed by atoms with E-state index in [9.17, 15) is 9.59 Å². The van der Waals surface area contributed by atoms with Crippen molar-refractivity contribution in [2.24, 2.45) is 0 Å². The molecule has 3 aromatic rings. The molecule has 1 amide bonds. The number of carbonyl (C=O) groups is 2. The highest BCUT2D eigenvalue weighted by atomic mass is 16.5. The summed E-state index contributed by atoms with van der Waals surface area (Å²) in [6, 6.07) is 14.8. The summed E-state index contributed by atoms with van der Waals surface area (Å²) in [6.07, 6.45) is 0.587. The zero-order chi connectivity index (χ0) is 20.8. The van der Waals surface area contributed by atoms with Gasteiger partial charge in [-0.2, -0.15) is 0 Å². The number of esters is 1. The molecule has 6 nitrogen and oxygen atoms in total. The number of hydrogen-bond donors (Lipinski definition) is 1. The molecule has 0 saturated heterocycles. The number of hydrogen-bond acceptors (Lipinski definition) is 5. The van der Waals surface area contributed by atoms with Crippen LogP contribution < -0.4 is 10.1 Å². The second kappa shape index (κ2) is 9.19. The van der Waals surface area contributed by atoms with Crippen LogP contribution in [0.5, 0.6) is 5.75 Å². The number of fused-ring (bicyclic) bond motifs is 1. The lowest BCUT2D eigenvalue weighted by molar-refractivity contribution is -0.119. The van der Waals surface area contributed by atoms with Gasteiger partial charge in [0.05, 0.1) is 29.1 Å². The van der Waals surface area contributed by atoms with Crippen LogP contribution in [0.25, 0.3) is 10.9 Å². The summed E-state index contributed by atoms with van der Waals surface area (Å²) >= 11 is 0.